The molecule has 1 amide bonds. The van der Waals surface area contributed by atoms with E-state index in [0.29, 0.717) is 24.4 Å². The first kappa shape index (κ1) is 15.3. The molecule has 4 nitrogen and oxygen atoms in total. The second-order valence-corrected chi connectivity index (χ2v) is 6.67. The number of likely N-dealkylation sites (N-methyl/N-ethyl adjacent to an activating group) is 1. The van der Waals surface area contributed by atoms with E-state index in [-0.39, 0.29) is 5.91 Å². The van der Waals surface area contributed by atoms with Crippen LogP contribution in [0.4, 0.5) is 0 Å². The summed E-state index contributed by atoms with van der Waals surface area (Å²) in [4.78, 5) is 16.0. The summed E-state index contributed by atoms with van der Waals surface area (Å²) >= 11 is 3.50. The van der Waals surface area contributed by atoms with E-state index in [1.54, 1.807) is 0 Å². The molecule has 0 radical (unpaired) electrons. The SMILES string of the molecule is CN(C)CCOc1ccc(CN2CC(Br)CC2=O)cc1. The van der Waals surface area contributed by atoms with Crippen LogP contribution in [-0.4, -0.2) is 54.3 Å². The van der Waals surface area contributed by atoms with Gasteiger partial charge in [0.25, 0.3) is 0 Å². The number of rotatable bonds is 6. The molecule has 5 heteroatoms. The second kappa shape index (κ2) is 7.09. The zero-order valence-corrected chi connectivity index (χ0v) is 13.6. The van der Waals surface area contributed by atoms with Gasteiger partial charge in [-0.15, -0.1) is 0 Å². The van der Waals surface area contributed by atoms with Gasteiger partial charge < -0.3 is 14.5 Å². The van der Waals surface area contributed by atoms with Crippen LogP contribution in [0.3, 0.4) is 0 Å². The number of nitrogens with zero attached hydrogens (tertiary/aromatic N) is 2. The van der Waals surface area contributed by atoms with Crippen LogP contribution in [0.5, 0.6) is 5.75 Å². The van der Waals surface area contributed by atoms with Gasteiger partial charge in [0.05, 0.1) is 0 Å². The average Bonchev–Trinajstić information content (AvgIpc) is 2.69. The maximum Gasteiger partial charge on any atom is 0.224 e. The highest BCUT2D eigenvalue weighted by Gasteiger charge is 2.27. The van der Waals surface area contributed by atoms with Crippen molar-refractivity contribution in [3.63, 3.8) is 0 Å². The molecule has 1 saturated heterocycles. The molecule has 1 heterocycles. The molecule has 1 aromatic carbocycles. The van der Waals surface area contributed by atoms with E-state index in [1.165, 1.54) is 0 Å². The normalized spacial score (nSPS) is 18.9. The van der Waals surface area contributed by atoms with E-state index >= 15 is 0 Å². The zero-order valence-electron chi connectivity index (χ0n) is 12.0. The Labute approximate surface area is 128 Å². The number of carbonyl (C=O) groups is 1. The van der Waals surface area contributed by atoms with E-state index in [4.69, 9.17) is 4.74 Å². The molecule has 20 heavy (non-hydrogen) atoms. The summed E-state index contributed by atoms with van der Waals surface area (Å²) in [6.07, 6.45) is 0.603. The highest BCUT2D eigenvalue weighted by atomic mass is 79.9. The fraction of sp³-hybridized carbons (Fsp3) is 0.533. The fourth-order valence-electron chi connectivity index (χ4n) is 2.13. The Hall–Kier alpha value is -1.07. The monoisotopic (exact) mass is 340 g/mol. The van der Waals surface area contributed by atoms with Crippen LogP contribution in [0.25, 0.3) is 0 Å². The minimum Gasteiger partial charge on any atom is -0.492 e. The van der Waals surface area contributed by atoms with Crippen LogP contribution in [0.15, 0.2) is 24.3 Å². The van der Waals surface area contributed by atoms with E-state index in [0.717, 1.165) is 24.4 Å². The van der Waals surface area contributed by atoms with Gasteiger partial charge in [0, 0.05) is 30.9 Å². The number of ether oxygens (including phenoxy) is 1. The number of amides is 1. The average molecular weight is 341 g/mol. The third kappa shape index (κ3) is 4.49. The maximum atomic E-state index is 11.7. The first-order valence-electron chi connectivity index (χ1n) is 6.83. The Morgan fingerprint density at radius 3 is 2.60 bits per heavy atom. The first-order chi connectivity index (χ1) is 9.54. The molecule has 2 rings (SSSR count). The van der Waals surface area contributed by atoms with Crippen molar-refractivity contribution in [1.29, 1.82) is 0 Å². The number of hydrogen-bond acceptors (Lipinski definition) is 3. The number of hydrogen-bond donors (Lipinski definition) is 0. The molecule has 0 spiro atoms. The Morgan fingerprint density at radius 1 is 1.35 bits per heavy atom. The van der Waals surface area contributed by atoms with Gasteiger partial charge >= 0.3 is 0 Å². The summed E-state index contributed by atoms with van der Waals surface area (Å²) in [6.45, 7) is 3.05. The topological polar surface area (TPSA) is 32.8 Å². The third-order valence-corrected chi connectivity index (χ3v) is 3.88. The van der Waals surface area contributed by atoms with Gasteiger partial charge in [-0.05, 0) is 31.8 Å². The largest absolute Gasteiger partial charge is 0.492 e. The van der Waals surface area contributed by atoms with Crippen LogP contribution in [0.2, 0.25) is 0 Å². The van der Waals surface area contributed by atoms with Crippen LogP contribution in [0.1, 0.15) is 12.0 Å². The molecule has 1 fully saturated rings. The van der Waals surface area contributed by atoms with Gasteiger partial charge in [-0.1, -0.05) is 28.1 Å². The van der Waals surface area contributed by atoms with Crippen molar-refractivity contribution in [2.24, 2.45) is 0 Å². The molecule has 1 atom stereocenters. The van der Waals surface area contributed by atoms with Gasteiger partial charge in [0.2, 0.25) is 5.91 Å². The lowest BCUT2D eigenvalue weighted by Gasteiger charge is -2.16. The molecule has 1 unspecified atom stereocenters. The first-order valence-corrected chi connectivity index (χ1v) is 7.74. The fourth-order valence-corrected chi connectivity index (χ4v) is 2.76. The quantitative estimate of drug-likeness (QED) is 0.743. The maximum absolute atomic E-state index is 11.7. The van der Waals surface area contributed by atoms with Crippen molar-refractivity contribution in [2.75, 3.05) is 33.8 Å². The van der Waals surface area contributed by atoms with Gasteiger partial charge in [-0.2, -0.15) is 0 Å². The molecule has 1 aliphatic rings. The van der Waals surface area contributed by atoms with Gasteiger partial charge in [-0.25, -0.2) is 0 Å². The third-order valence-electron chi connectivity index (χ3n) is 3.27. The smallest absolute Gasteiger partial charge is 0.224 e. The van der Waals surface area contributed by atoms with Gasteiger partial charge in [-0.3, -0.25) is 4.79 Å². The number of likely N-dealkylation sites (tertiary alicyclic amines) is 1. The van der Waals surface area contributed by atoms with Crippen molar-refractivity contribution in [3.8, 4) is 5.75 Å². The predicted molar refractivity (Wildman–Crippen MR) is 83.2 cm³/mol. The molecule has 0 bridgehead atoms. The molecule has 0 saturated carbocycles. The van der Waals surface area contributed by atoms with Crippen molar-refractivity contribution in [2.45, 2.75) is 17.8 Å². The van der Waals surface area contributed by atoms with Gasteiger partial charge in [0.1, 0.15) is 12.4 Å². The molecular formula is C15H21BrN2O2. The van der Waals surface area contributed by atoms with Crippen LogP contribution >= 0.6 is 15.9 Å². The molecule has 110 valence electrons. The molecule has 1 aliphatic heterocycles. The lowest BCUT2D eigenvalue weighted by Crippen LogP contribution is -2.24. The zero-order chi connectivity index (χ0) is 14.5. The van der Waals surface area contributed by atoms with Crippen LogP contribution in [-0.2, 0) is 11.3 Å². The minimum absolute atomic E-state index is 0.221. The summed E-state index contributed by atoms with van der Waals surface area (Å²) in [5.41, 5.74) is 1.14. The molecule has 1 aromatic rings. The lowest BCUT2D eigenvalue weighted by molar-refractivity contribution is -0.128. The highest BCUT2D eigenvalue weighted by molar-refractivity contribution is 9.09. The minimum atomic E-state index is 0.221. The second-order valence-electron chi connectivity index (χ2n) is 5.37. The number of benzene rings is 1. The van der Waals surface area contributed by atoms with E-state index < -0.39 is 0 Å². The number of alkyl halides is 1. The van der Waals surface area contributed by atoms with Crippen molar-refractivity contribution < 1.29 is 9.53 Å². The van der Waals surface area contributed by atoms with Crippen molar-refractivity contribution in [3.05, 3.63) is 29.8 Å². The summed E-state index contributed by atoms with van der Waals surface area (Å²) in [7, 11) is 4.05. The Kier molecular flexibility index (Phi) is 5.43. The molecule has 0 aliphatic carbocycles. The van der Waals surface area contributed by atoms with Crippen molar-refractivity contribution in [1.82, 2.24) is 9.80 Å². The number of carbonyl (C=O) groups excluding carboxylic acids is 1. The lowest BCUT2D eigenvalue weighted by atomic mass is 10.2. The van der Waals surface area contributed by atoms with Crippen LogP contribution < -0.4 is 4.74 Å². The Morgan fingerprint density at radius 2 is 2.05 bits per heavy atom. The molecular weight excluding hydrogens is 320 g/mol. The molecule has 0 aromatic heterocycles. The predicted octanol–water partition coefficient (Wildman–Crippen LogP) is 2.12. The summed E-state index contributed by atoms with van der Waals surface area (Å²) in [5.74, 6) is 1.10. The van der Waals surface area contributed by atoms with E-state index in [2.05, 4.69) is 20.8 Å². The standard InChI is InChI=1S/C15H21BrN2O2/c1-17(2)7-8-20-14-5-3-12(4-6-14)10-18-11-13(16)9-15(18)19/h3-6,13H,7-11H2,1-2H3. The Balaban J connectivity index is 1.84. The van der Waals surface area contributed by atoms with Crippen LogP contribution in [0, 0.1) is 0 Å². The summed E-state index contributed by atoms with van der Waals surface area (Å²) in [6, 6.07) is 7.99. The van der Waals surface area contributed by atoms with E-state index in [9.17, 15) is 4.79 Å². The summed E-state index contributed by atoms with van der Waals surface area (Å²) < 4.78 is 5.65. The van der Waals surface area contributed by atoms with E-state index in [1.807, 2.05) is 43.3 Å². The Bertz CT molecular complexity index is 448. The molecule has 0 N–H and O–H groups in total. The highest BCUT2D eigenvalue weighted by Crippen LogP contribution is 2.21. The number of halogens is 1. The van der Waals surface area contributed by atoms with Gasteiger partial charge in [0.15, 0.2) is 0 Å². The summed E-state index contributed by atoms with van der Waals surface area (Å²) in [5, 5.41) is 0. The van der Waals surface area contributed by atoms with Crippen molar-refractivity contribution >= 4 is 21.8 Å².